The van der Waals surface area contributed by atoms with Gasteiger partial charge in [-0.1, -0.05) is 19.9 Å². The highest BCUT2D eigenvalue weighted by Gasteiger charge is 2.25. The van der Waals surface area contributed by atoms with Gasteiger partial charge >= 0.3 is 12.1 Å². The molecule has 2 atom stereocenters. The average Bonchev–Trinajstić information content (AvgIpc) is 2.57. The van der Waals surface area contributed by atoms with Crippen LogP contribution in [-0.2, 0) is 16.0 Å². The first-order valence-electron chi connectivity index (χ1n) is 9.24. The van der Waals surface area contributed by atoms with Crippen molar-refractivity contribution in [2.24, 2.45) is 5.92 Å². The lowest BCUT2D eigenvalue weighted by Crippen LogP contribution is -2.42. The van der Waals surface area contributed by atoms with Crippen molar-refractivity contribution in [3.63, 3.8) is 0 Å². The molecular formula is C20H32N2O6. The predicted octanol–water partition coefficient (Wildman–Crippen LogP) is 2.64. The molecule has 8 heteroatoms. The van der Waals surface area contributed by atoms with Crippen LogP contribution in [0.4, 0.5) is 10.5 Å². The molecule has 8 nitrogen and oxygen atoms in total. The van der Waals surface area contributed by atoms with Crippen molar-refractivity contribution in [1.82, 2.24) is 5.32 Å². The molecule has 1 rings (SSSR count). The smallest absolute Gasteiger partial charge is 0.407 e. The zero-order valence-corrected chi connectivity index (χ0v) is 17.4. The second kappa shape index (κ2) is 10.2. The summed E-state index contributed by atoms with van der Waals surface area (Å²) in [6, 6.07) is 3.82. The van der Waals surface area contributed by atoms with Gasteiger partial charge in [0.2, 0.25) is 0 Å². The van der Waals surface area contributed by atoms with Crippen molar-refractivity contribution in [3.8, 4) is 5.75 Å². The van der Waals surface area contributed by atoms with Crippen molar-refractivity contribution >= 4 is 17.7 Å². The Bertz CT molecular complexity index is 669. The van der Waals surface area contributed by atoms with Crippen LogP contribution in [-0.4, -0.2) is 53.7 Å². The van der Waals surface area contributed by atoms with Gasteiger partial charge in [-0.25, -0.2) is 9.59 Å². The number of carbonyl (C=O) groups excluding carboxylic acids is 1. The minimum atomic E-state index is -0.964. The number of methoxy groups -OCH3 is 1. The highest BCUT2D eigenvalue weighted by molar-refractivity contribution is 5.78. The van der Waals surface area contributed by atoms with Crippen molar-refractivity contribution in [3.05, 3.63) is 23.8 Å². The van der Waals surface area contributed by atoms with Crippen LogP contribution in [0.25, 0.3) is 0 Å². The molecule has 0 spiro atoms. The number of alkyl carbamates (subject to hydrolysis) is 1. The zero-order valence-electron chi connectivity index (χ0n) is 17.4. The third-order valence-corrected chi connectivity index (χ3v) is 3.99. The summed E-state index contributed by atoms with van der Waals surface area (Å²) in [5, 5.41) is 24.9. The fourth-order valence-electron chi connectivity index (χ4n) is 2.67. The van der Waals surface area contributed by atoms with E-state index in [9.17, 15) is 19.8 Å². The molecule has 0 aliphatic heterocycles. The van der Waals surface area contributed by atoms with Crippen LogP contribution < -0.4 is 15.4 Å². The number of ether oxygens (including phenoxy) is 2. The highest BCUT2D eigenvalue weighted by atomic mass is 16.6. The Morgan fingerprint density at radius 2 is 1.86 bits per heavy atom. The quantitative estimate of drug-likeness (QED) is 0.507. The molecule has 1 amide bonds. The topological polar surface area (TPSA) is 117 Å². The van der Waals surface area contributed by atoms with Crippen LogP contribution in [0.1, 0.15) is 40.2 Å². The fraction of sp³-hybridized carbons (Fsp3) is 0.600. The second-order valence-corrected chi connectivity index (χ2v) is 7.92. The third-order valence-electron chi connectivity index (χ3n) is 3.99. The number of nitrogens with one attached hydrogen (secondary N) is 2. The molecule has 0 radical (unpaired) electrons. The van der Waals surface area contributed by atoms with Crippen LogP contribution in [0.15, 0.2) is 18.2 Å². The molecule has 1 unspecified atom stereocenters. The maximum atomic E-state index is 12.0. The Balaban J connectivity index is 3.09. The van der Waals surface area contributed by atoms with Gasteiger partial charge in [0.05, 0.1) is 19.8 Å². The number of hydrogen-bond acceptors (Lipinski definition) is 6. The van der Waals surface area contributed by atoms with Crippen LogP contribution >= 0.6 is 0 Å². The maximum Gasteiger partial charge on any atom is 0.407 e. The molecule has 0 saturated carbocycles. The van der Waals surface area contributed by atoms with Gasteiger partial charge in [0.15, 0.2) is 0 Å². The number of aliphatic hydroxyl groups excluding tert-OH is 1. The first-order chi connectivity index (χ1) is 13.0. The molecule has 0 bridgehead atoms. The summed E-state index contributed by atoms with van der Waals surface area (Å²) >= 11 is 0. The number of aliphatic hydroxyl groups is 1. The van der Waals surface area contributed by atoms with E-state index in [1.54, 1.807) is 39.0 Å². The first-order valence-corrected chi connectivity index (χ1v) is 9.24. The second-order valence-electron chi connectivity index (χ2n) is 7.92. The van der Waals surface area contributed by atoms with Crippen LogP contribution in [0.2, 0.25) is 0 Å². The number of hydrogen-bond donors (Lipinski definition) is 4. The lowest BCUT2D eigenvalue weighted by atomic mass is 10.00. The van der Waals surface area contributed by atoms with E-state index in [-0.39, 0.29) is 18.9 Å². The Kier molecular flexibility index (Phi) is 8.56. The molecule has 0 aliphatic carbocycles. The Morgan fingerprint density at radius 3 is 2.32 bits per heavy atom. The number of carboxylic acid groups (broad SMARTS) is 1. The van der Waals surface area contributed by atoms with Crippen LogP contribution in [0.5, 0.6) is 5.75 Å². The van der Waals surface area contributed by atoms with Gasteiger partial charge in [0.1, 0.15) is 17.4 Å². The minimum absolute atomic E-state index is 0.148. The number of carbonyl (C=O) groups is 2. The summed E-state index contributed by atoms with van der Waals surface area (Å²) in [4.78, 5) is 23.6. The van der Waals surface area contributed by atoms with Crippen LogP contribution in [0, 0.1) is 5.92 Å². The number of aliphatic carboxylic acids is 1. The Labute approximate surface area is 166 Å². The summed E-state index contributed by atoms with van der Waals surface area (Å²) < 4.78 is 10.6. The van der Waals surface area contributed by atoms with E-state index in [1.165, 1.54) is 7.11 Å². The first kappa shape index (κ1) is 23.6. The van der Waals surface area contributed by atoms with E-state index in [2.05, 4.69) is 10.6 Å². The minimum Gasteiger partial charge on any atom is -0.496 e. The van der Waals surface area contributed by atoms with Crippen molar-refractivity contribution in [2.45, 2.75) is 58.7 Å². The van der Waals surface area contributed by atoms with Crippen molar-refractivity contribution in [1.29, 1.82) is 0 Å². The lowest BCUT2D eigenvalue weighted by Gasteiger charge is -2.25. The largest absolute Gasteiger partial charge is 0.496 e. The van der Waals surface area contributed by atoms with Gasteiger partial charge in [-0.15, -0.1) is 0 Å². The average molecular weight is 396 g/mol. The molecule has 158 valence electrons. The SMILES string of the molecule is COc1cccc(N[C@H](C(=O)O)C(C)C)c1CC(CO)NC(=O)OC(C)(C)C. The van der Waals surface area contributed by atoms with Crippen LogP contribution in [0.3, 0.4) is 0 Å². The fourth-order valence-corrected chi connectivity index (χ4v) is 2.67. The zero-order chi connectivity index (χ0) is 21.5. The molecule has 4 N–H and O–H groups in total. The molecule has 0 saturated heterocycles. The van der Waals surface area contributed by atoms with E-state index in [1.807, 2.05) is 13.8 Å². The lowest BCUT2D eigenvalue weighted by molar-refractivity contribution is -0.138. The van der Waals surface area contributed by atoms with Gasteiger partial charge in [-0.05, 0) is 38.8 Å². The van der Waals surface area contributed by atoms with Crippen molar-refractivity contribution in [2.75, 3.05) is 19.0 Å². The Morgan fingerprint density at radius 1 is 1.21 bits per heavy atom. The van der Waals surface area contributed by atoms with Gasteiger partial charge < -0.3 is 30.3 Å². The van der Waals surface area contributed by atoms with Gasteiger partial charge in [-0.2, -0.15) is 0 Å². The summed E-state index contributed by atoms with van der Waals surface area (Å²) in [5.74, 6) is -0.582. The molecule has 0 heterocycles. The summed E-state index contributed by atoms with van der Waals surface area (Å²) in [6.07, 6.45) is -0.409. The van der Waals surface area contributed by atoms with Gasteiger partial charge in [0, 0.05) is 17.7 Å². The molecular weight excluding hydrogens is 364 g/mol. The summed E-state index contributed by atoms with van der Waals surface area (Å²) in [7, 11) is 1.51. The maximum absolute atomic E-state index is 12.0. The van der Waals surface area contributed by atoms with E-state index < -0.39 is 29.7 Å². The number of rotatable bonds is 9. The predicted molar refractivity (Wildman–Crippen MR) is 107 cm³/mol. The van der Waals surface area contributed by atoms with E-state index >= 15 is 0 Å². The summed E-state index contributed by atoms with van der Waals surface area (Å²) in [6.45, 7) is 8.56. The van der Waals surface area contributed by atoms with Gasteiger partial charge in [-0.3, -0.25) is 0 Å². The monoisotopic (exact) mass is 396 g/mol. The van der Waals surface area contributed by atoms with Gasteiger partial charge in [0.25, 0.3) is 0 Å². The normalized spacial score (nSPS) is 13.6. The Hall–Kier alpha value is -2.48. The number of benzene rings is 1. The molecule has 1 aromatic carbocycles. The van der Waals surface area contributed by atoms with E-state index in [0.29, 0.717) is 17.0 Å². The highest BCUT2D eigenvalue weighted by Crippen LogP contribution is 2.29. The molecule has 0 aromatic heterocycles. The van der Waals surface area contributed by atoms with E-state index in [4.69, 9.17) is 9.47 Å². The number of anilines is 1. The number of amides is 1. The standard InChI is InChI=1S/C20H32N2O6/c1-12(2)17(18(24)25)22-15-8-7-9-16(27-6)14(15)10-13(11-23)21-19(26)28-20(3,4)5/h7-9,12-13,17,22-23H,10-11H2,1-6H3,(H,21,26)(H,24,25)/t13?,17-/m0/s1. The molecule has 0 aliphatic rings. The molecule has 1 aromatic rings. The summed E-state index contributed by atoms with van der Waals surface area (Å²) in [5.41, 5.74) is 0.574. The molecule has 0 fully saturated rings. The molecule has 28 heavy (non-hydrogen) atoms. The third kappa shape index (κ3) is 7.26. The van der Waals surface area contributed by atoms with E-state index in [0.717, 1.165) is 0 Å². The number of carboxylic acids is 1. The van der Waals surface area contributed by atoms with Crippen molar-refractivity contribution < 1.29 is 29.3 Å².